The van der Waals surface area contributed by atoms with Gasteiger partial charge in [0.25, 0.3) is 11.5 Å². The van der Waals surface area contributed by atoms with Crippen molar-refractivity contribution in [2.75, 3.05) is 25.0 Å². The molecule has 0 saturated carbocycles. The summed E-state index contributed by atoms with van der Waals surface area (Å²) in [6, 6.07) is -0.380. The van der Waals surface area contributed by atoms with Gasteiger partial charge in [0.15, 0.2) is 0 Å². The van der Waals surface area contributed by atoms with Crippen molar-refractivity contribution >= 4 is 17.8 Å². The van der Waals surface area contributed by atoms with E-state index >= 15 is 0 Å². The molecule has 1 atom stereocenters. The molecule has 3 rings (SSSR count). The third-order valence-corrected chi connectivity index (χ3v) is 4.26. The molecule has 2 aliphatic heterocycles. The topological polar surface area (TPSA) is 98.4 Å². The van der Waals surface area contributed by atoms with Gasteiger partial charge in [-0.1, -0.05) is 0 Å². The highest BCUT2D eigenvalue weighted by atomic mass is 16.2. The van der Waals surface area contributed by atoms with Crippen LogP contribution >= 0.6 is 0 Å². The van der Waals surface area contributed by atoms with E-state index in [0.717, 1.165) is 19.3 Å². The molecule has 1 fully saturated rings. The van der Waals surface area contributed by atoms with Crippen molar-refractivity contribution in [1.29, 1.82) is 0 Å². The fourth-order valence-electron chi connectivity index (χ4n) is 3.19. The van der Waals surface area contributed by atoms with Crippen LogP contribution in [0.25, 0.3) is 0 Å². The van der Waals surface area contributed by atoms with Crippen LogP contribution in [0.1, 0.15) is 48.4 Å². The van der Waals surface area contributed by atoms with Gasteiger partial charge in [0.1, 0.15) is 5.82 Å². The highest BCUT2D eigenvalue weighted by Gasteiger charge is 2.41. The summed E-state index contributed by atoms with van der Waals surface area (Å²) in [6.07, 6.45) is 2.66. The summed E-state index contributed by atoms with van der Waals surface area (Å²) in [4.78, 5) is 46.9. The summed E-state index contributed by atoms with van der Waals surface area (Å²) < 4.78 is 0. The first-order valence-corrected chi connectivity index (χ1v) is 7.53. The number of H-pyrrole nitrogens is 1. The molecule has 22 heavy (non-hydrogen) atoms. The number of carbonyl (C=O) groups is 2. The Hall–Kier alpha value is -2.38. The zero-order valence-electron chi connectivity index (χ0n) is 12.7. The second kappa shape index (κ2) is 5.43. The molecule has 0 spiro atoms. The van der Waals surface area contributed by atoms with Gasteiger partial charge in [-0.15, -0.1) is 0 Å². The molecule has 3 heterocycles. The van der Waals surface area contributed by atoms with Crippen molar-refractivity contribution in [2.45, 2.75) is 32.2 Å². The standard InChI is InChI=1S/C14H19N5O3/c1-3-18-11-9(8-6-4-5-7-19(8)14(18)22)12(20)17-10(16-11)13(21)15-2/h8H,3-7H2,1-2H3,(H,15,21)(H,16,17,20). The summed E-state index contributed by atoms with van der Waals surface area (Å²) in [5, 5.41) is 2.43. The second-order valence-corrected chi connectivity index (χ2v) is 5.46. The summed E-state index contributed by atoms with van der Waals surface area (Å²) in [5.41, 5.74) is 0.153. The SMILES string of the molecule is CCN1C(=O)N2CCCCC2c2c1nc(C(=O)NC)[nH]c2=O. The Morgan fingerprint density at radius 2 is 2.18 bits per heavy atom. The Morgan fingerprint density at radius 1 is 1.41 bits per heavy atom. The van der Waals surface area contributed by atoms with Crippen molar-refractivity contribution in [3.8, 4) is 0 Å². The molecule has 1 unspecified atom stereocenters. The Bertz CT molecular complexity index is 684. The molecule has 0 bridgehead atoms. The number of carbonyl (C=O) groups excluding carboxylic acids is 2. The number of aromatic amines is 1. The van der Waals surface area contributed by atoms with Crippen LogP contribution < -0.4 is 15.8 Å². The molecule has 0 aliphatic carbocycles. The van der Waals surface area contributed by atoms with Crippen LogP contribution in [-0.2, 0) is 0 Å². The molecule has 1 aromatic rings. The molecule has 2 N–H and O–H groups in total. The van der Waals surface area contributed by atoms with Gasteiger partial charge in [0.05, 0.1) is 11.6 Å². The van der Waals surface area contributed by atoms with E-state index in [2.05, 4.69) is 15.3 Å². The minimum atomic E-state index is -0.477. The third kappa shape index (κ3) is 2.06. The molecule has 3 amide bonds. The summed E-state index contributed by atoms with van der Waals surface area (Å²) >= 11 is 0. The molecular formula is C14H19N5O3. The number of hydrogen-bond donors (Lipinski definition) is 2. The molecule has 8 nitrogen and oxygen atoms in total. The van der Waals surface area contributed by atoms with Gasteiger partial charge in [-0.3, -0.25) is 14.5 Å². The van der Waals surface area contributed by atoms with Gasteiger partial charge in [-0.25, -0.2) is 9.78 Å². The Balaban J connectivity index is 2.19. The first-order valence-electron chi connectivity index (χ1n) is 7.53. The number of urea groups is 1. The fraction of sp³-hybridized carbons (Fsp3) is 0.571. The number of rotatable bonds is 2. The predicted octanol–water partition coefficient (Wildman–Crippen LogP) is 0.616. The molecule has 0 aromatic carbocycles. The first-order chi connectivity index (χ1) is 10.6. The summed E-state index contributed by atoms with van der Waals surface area (Å²) in [6.45, 7) is 2.88. The van der Waals surface area contributed by atoms with Gasteiger partial charge >= 0.3 is 6.03 Å². The maximum atomic E-state index is 12.6. The van der Waals surface area contributed by atoms with Crippen molar-refractivity contribution in [2.24, 2.45) is 0 Å². The molecule has 1 aromatic heterocycles. The van der Waals surface area contributed by atoms with E-state index in [0.29, 0.717) is 24.5 Å². The lowest BCUT2D eigenvalue weighted by Crippen LogP contribution is -2.53. The fourth-order valence-corrected chi connectivity index (χ4v) is 3.19. The van der Waals surface area contributed by atoms with Crippen LogP contribution in [0.2, 0.25) is 0 Å². The van der Waals surface area contributed by atoms with Crippen molar-refractivity contribution in [3.05, 3.63) is 21.7 Å². The monoisotopic (exact) mass is 305 g/mol. The largest absolute Gasteiger partial charge is 0.352 e. The number of nitrogens with zero attached hydrogens (tertiary/aromatic N) is 3. The highest BCUT2D eigenvalue weighted by Crippen LogP contribution is 2.38. The number of fused-ring (bicyclic) bond motifs is 3. The third-order valence-electron chi connectivity index (χ3n) is 4.26. The number of aromatic nitrogens is 2. The van der Waals surface area contributed by atoms with E-state index in [1.165, 1.54) is 11.9 Å². The van der Waals surface area contributed by atoms with Crippen LogP contribution in [0, 0.1) is 0 Å². The van der Waals surface area contributed by atoms with E-state index in [9.17, 15) is 14.4 Å². The van der Waals surface area contributed by atoms with Crippen LogP contribution in [0.4, 0.5) is 10.6 Å². The average Bonchev–Trinajstić information content (AvgIpc) is 2.54. The van der Waals surface area contributed by atoms with Crippen LogP contribution in [-0.4, -0.2) is 46.9 Å². The zero-order valence-corrected chi connectivity index (χ0v) is 12.7. The molecule has 1 saturated heterocycles. The Kier molecular flexibility index (Phi) is 3.59. The average molecular weight is 305 g/mol. The van der Waals surface area contributed by atoms with Crippen molar-refractivity contribution in [1.82, 2.24) is 20.2 Å². The predicted molar refractivity (Wildman–Crippen MR) is 80.0 cm³/mol. The normalized spacial score (nSPS) is 20.5. The lowest BCUT2D eigenvalue weighted by Gasteiger charge is -2.43. The molecule has 118 valence electrons. The highest BCUT2D eigenvalue weighted by molar-refractivity contribution is 5.96. The number of nitrogens with one attached hydrogen (secondary N) is 2. The maximum absolute atomic E-state index is 12.6. The van der Waals surface area contributed by atoms with E-state index in [4.69, 9.17) is 0 Å². The van der Waals surface area contributed by atoms with Crippen LogP contribution in [0.3, 0.4) is 0 Å². The quantitative estimate of drug-likeness (QED) is 0.836. The van der Waals surface area contributed by atoms with E-state index in [1.807, 2.05) is 6.92 Å². The zero-order chi connectivity index (χ0) is 15.9. The molecule has 2 aliphatic rings. The lowest BCUT2D eigenvalue weighted by molar-refractivity contribution is 0.0951. The second-order valence-electron chi connectivity index (χ2n) is 5.46. The van der Waals surface area contributed by atoms with Gasteiger partial charge in [0, 0.05) is 20.1 Å². The Labute approximate surface area is 127 Å². The van der Waals surface area contributed by atoms with E-state index in [1.54, 1.807) is 4.90 Å². The number of anilines is 1. The number of amides is 3. The van der Waals surface area contributed by atoms with Gasteiger partial charge in [-0.05, 0) is 26.2 Å². The minimum Gasteiger partial charge on any atom is -0.352 e. The smallest absolute Gasteiger partial charge is 0.326 e. The first kappa shape index (κ1) is 14.6. The maximum Gasteiger partial charge on any atom is 0.326 e. The van der Waals surface area contributed by atoms with Crippen molar-refractivity contribution in [3.63, 3.8) is 0 Å². The van der Waals surface area contributed by atoms with Gasteiger partial charge in [0.2, 0.25) is 5.82 Å². The number of piperidine rings is 1. The van der Waals surface area contributed by atoms with Crippen LogP contribution in [0.15, 0.2) is 4.79 Å². The van der Waals surface area contributed by atoms with E-state index in [-0.39, 0.29) is 23.5 Å². The van der Waals surface area contributed by atoms with Crippen LogP contribution in [0.5, 0.6) is 0 Å². The van der Waals surface area contributed by atoms with Crippen molar-refractivity contribution < 1.29 is 9.59 Å². The molecule has 8 heteroatoms. The van der Waals surface area contributed by atoms with E-state index < -0.39 is 5.91 Å². The Morgan fingerprint density at radius 3 is 2.86 bits per heavy atom. The van der Waals surface area contributed by atoms with Gasteiger partial charge < -0.3 is 15.2 Å². The number of hydrogen-bond acceptors (Lipinski definition) is 4. The molecule has 0 radical (unpaired) electrons. The molecular weight excluding hydrogens is 286 g/mol. The lowest BCUT2D eigenvalue weighted by atomic mass is 9.94. The summed E-state index contributed by atoms with van der Waals surface area (Å²) in [7, 11) is 1.47. The minimum absolute atomic E-state index is 0.0678. The van der Waals surface area contributed by atoms with Gasteiger partial charge in [-0.2, -0.15) is 0 Å². The summed E-state index contributed by atoms with van der Waals surface area (Å²) in [5.74, 6) is -0.228.